The standard InChI is InChI=1S/C15H33NO2Si2/c1-14(2,3)19(7,8)16-12(17)11-13(16)18-20(9,10)15(4,5)6/h13H,11H2,1-10H3. The van der Waals surface area contributed by atoms with Crippen molar-refractivity contribution in [3.8, 4) is 0 Å². The first-order chi connectivity index (χ1) is 8.61. The minimum absolute atomic E-state index is 0.0179. The fourth-order valence-corrected chi connectivity index (χ4v) is 5.66. The third-order valence-electron chi connectivity index (χ3n) is 5.58. The molecular weight excluding hydrogens is 282 g/mol. The number of hydrogen-bond acceptors (Lipinski definition) is 2. The molecule has 0 aromatic carbocycles. The Morgan fingerprint density at radius 3 is 1.75 bits per heavy atom. The van der Waals surface area contributed by atoms with E-state index < -0.39 is 16.6 Å². The van der Waals surface area contributed by atoms with E-state index in [1.165, 1.54) is 0 Å². The van der Waals surface area contributed by atoms with E-state index in [2.05, 4.69) is 72.3 Å². The van der Waals surface area contributed by atoms with Crippen LogP contribution >= 0.6 is 0 Å². The maximum atomic E-state index is 12.2. The molecular formula is C15H33NO2Si2. The molecule has 1 unspecified atom stereocenters. The van der Waals surface area contributed by atoms with Gasteiger partial charge in [0.05, 0.1) is 6.42 Å². The zero-order chi connectivity index (χ0) is 16.1. The number of carbonyl (C=O) groups is 1. The molecule has 1 amide bonds. The number of carbonyl (C=O) groups excluding carboxylic acids is 1. The van der Waals surface area contributed by atoms with Gasteiger partial charge in [-0.2, -0.15) is 0 Å². The molecule has 0 aromatic rings. The van der Waals surface area contributed by atoms with Gasteiger partial charge in [0.25, 0.3) is 0 Å². The molecule has 0 spiro atoms. The van der Waals surface area contributed by atoms with Gasteiger partial charge in [-0.3, -0.25) is 4.79 Å². The van der Waals surface area contributed by atoms with E-state index in [1.54, 1.807) is 0 Å². The Morgan fingerprint density at radius 2 is 1.45 bits per heavy atom. The molecule has 1 atom stereocenters. The van der Waals surface area contributed by atoms with Gasteiger partial charge in [-0.1, -0.05) is 54.6 Å². The fraction of sp³-hybridized carbons (Fsp3) is 0.933. The molecule has 1 aliphatic heterocycles. The van der Waals surface area contributed by atoms with Gasteiger partial charge in [-0.05, 0) is 23.2 Å². The second-order valence-corrected chi connectivity index (χ2v) is 19.0. The molecule has 1 saturated heterocycles. The Kier molecular flexibility index (Phi) is 4.44. The molecule has 1 fully saturated rings. The largest absolute Gasteiger partial charge is 0.397 e. The topological polar surface area (TPSA) is 29.5 Å². The number of β-lactam (4-membered cyclic amide) rings is 1. The van der Waals surface area contributed by atoms with Gasteiger partial charge in [0.1, 0.15) is 6.23 Å². The average molecular weight is 316 g/mol. The number of amides is 1. The van der Waals surface area contributed by atoms with Gasteiger partial charge < -0.3 is 8.99 Å². The highest BCUT2D eigenvalue weighted by molar-refractivity contribution is 6.80. The fourth-order valence-electron chi connectivity index (χ4n) is 2.03. The van der Waals surface area contributed by atoms with Gasteiger partial charge in [-0.25, -0.2) is 0 Å². The second kappa shape index (κ2) is 4.95. The predicted octanol–water partition coefficient (Wildman–Crippen LogP) is 4.57. The molecule has 20 heavy (non-hydrogen) atoms. The smallest absolute Gasteiger partial charge is 0.221 e. The Bertz CT molecular complexity index is 392. The molecule has 118 valence electrons. The van der Waals surface area contributed by atoms with Crippen molar-refractivity contribution in [1.82, 2.24) is 4.57 Å². The van der Waals surface area contributed by atoms with Crippen LogP contribution in [0.4, 0.5) is 0 Å². The molecule has 5 heteroatoms. The zero-order valence-electron chi connectivity index (χ0n) is 15.0. The summed E-state index contributed by atoms with van der Waals surface area (Å²) in [5.74, 6) is 0.278. The van der Waals surface area contributed by atoms with Crippen LogP contribution in [0.2, 0.25) is 36.3 Å². The molecule has 1 heterocycles. The lowest BCUT2D eigenvalue weighted by molar-refractivity contribution is -0.151. The van der Waals surface area contributed by atoms with Crippen LogP contribution in [0.5, 0.6) is 0 Å². The van der Waals surface area contributed by atoms with Crippen molar-refractivity contribution in [1.29, 1.82) is 0 Å². The third-order valence-corrected chi connectivity index (χ3v) is 15.5. The van der Waals surface area contributed by atoms with Crippen LogP contribution in [0.1, 0.15) is 48.0 Å². The van der Waals surface area contributed by atoms with Crippen molar-refractivity contribution >= 4 is 22.5 Å². The Labute approximate surface area is 127 Å². The minimum Gasteiger partial charge on any atom is -0.397 e. The second-order valence-electron chi connectivity index (χ2n) is 9.11. The van der Waals surface area contributed by atoms with E-state index in [4.69, 9.17) is 4.43 Å². The number of rotatable bonds is 3. The van der Waals surface area contributed by atoms with Crippen molar-refractivity contribution in [2.24, 2.45) is 0 Å². The summed E-state index contributed by atoms with van der Waals surface area (Å²) >= 11 is 0. The first kappa shape index (κ1) is 17.9. The third kappa shape index (κ3) is 3.04. The maximum absolute atomic E-state index is 12.2. The monoisotopic (exact) mass is 315 g/mol. The highest BCUT2D eigenvalue weighted by Gasteiger charge is 2.54. The normalized spacial score (nSPS) is 22.0. The van der Waals surface area contributed by atoms with E-state index >= 15 is 0 Å². The van der Waals surface area contributed by atoms with Crippen LogP contribution in [0.3, 0.4) is 0 Å². The molecule has 0 radical (unpaired) electrons. The molecule has 0 N–H and O–H groups in total. The molecule has 1 rings (SSSR count). The van der Waals surface area contributed by atoms with Crippen LogP contribution in [0.15, 0.2) is 0 Å². The highest BCUT2D eigenvalue weighted by Crippen LogP contribution is 2.45. The zero-order valence-corrected chi connectivity index (χ0v) is 17.0. The first-order valence-corrected chi connectivity index (χ1v) is 13.5. The van der Waals surface area contributed by atoms with Gasteiger partial charge in [0, 0.05) is 0 Å². The van der Waals surface area contributed by atoms with Crippen LogP contribution in [0, 0.1) is 0 Å². The predicted molar refractivity (Wildman–Crippen MR) is 90.7 cm³/mol. The van der Waals surface area contributed by atoms with Crippen molar-refractivity contribution in [2.75, 3.05) is 0 Å². The summed E-state index contributed by atoms with van der Waals surface area (Å²) in [6.07, 6.45) is 0.586. The Balaban J connectivity index is 2.93. The molecule has 1 aliphatic rings. The maximum Gasteiger partial charge on any atom is 0.221 e. The van der Waals surface area contributed by atoms with Gasteiger partial charge in [0.15, 0.2) is 16.6 Å². The van der Waals surface area contributed by atoms with Crippen molar-refractivity contribution < 1.29 is 9.22 Å². The Morgan fingerprint density at radius 1 is 1.00 bits per heavy atom. The number of nitrogens with zero attached hydrogens (tertiary/aromatic N) is 1. The molecule has 0 aliphatic carbocycles. The van der Waals surface area contributed by atoms with E-state index in [0.717, 1.165) is 0 Å². The van der Waals surface area contributed by atoms with Crippen LogP contribution < -0.4 is 0 Å². The van der Waals surface area contributed by atoms with E-state index in [1.807, 2.05) is 0 Å². The summed E-state index contributed by atoms with van der Waals surface area (Å²) < 4.78 is 8.59. The summed E-state index contributed by atoms with van der Waals surface area (Å²) in [5, 5.41) is 0.350. The lowest BCUT2D eigenvalue weighted by Gasteiger charge is -2.56. The summed E-state index contributed by atoms with van der Waals surface area (Å²) in [4.78, 5) is 12.2. The van der Waals surface area contributed by atoms with Crippen molar-refractivity contribution in [2.45, 2.75) is 90.5 Å². The minimum atomic E-state index is -1.83. The summed E-state index contributed by atoms with van der Waals surface area (Å²) in [7, 11) is -3.64. The first-order valence-electron chi connectivity index (χ1n) is 7.61. The lowest BCUT2D eigenvalue weighted by Crippen LogP contribution is -2.70. The van der Waals surface area contributed by atoms with Crippen LogP contribution in [0.25, 0.3) is 0 Å². The SMILES string of the molecule is CC(C)(C)[Si](C)(C)OC1CC(=O)N1[Si](C)(C)C(C)(C)C. The Hall–Kier alpha value is -0.136. The lowest BCUT2D eigenvalue weighted by atomic mass is 10.2. The van der Waals surface area contributed by atoms with Gasteiger partial charge in [-0.15, -0.1) is 0 Å². The highest BCUT2D eigenvalue weighted by atomic mass is 28.4. The molecule has 0 aromatic heterocycles. The average Bonchev–Trinajstić information content (AvgIpc) is 2.11. The quantitative estimate of drug-likeness (QED) is 0.564. The van der Waals surface area contributed by atoms with Crippen LogP contribution in [-0.4, -0.2) is 33.3 Å². The van der Waals surface area contributed by atoms with Crippen molar-refractivity contribution in [3.63, 3.8) is 0 Å². The molecule has 3 nitrogen and oxygen atoms in total. The van der Waals surface area contributed by atoms with E-state index in [9.17, 15) is 4.79 Å². The van der Waals surface area contributed by atoms with Gasteiger partial charge >= 0.3 is 0 Å². The van der Waals surface area contributed by atoms with E-state index in [0.29, 0.717) is 6.42 Å². The summed E-state index contributed by atoms with van der Waals surface area (Å²) in [6, 6.07) is 0. The number of hydrogen-bond donors (Lipinski definition) is 0. The van der Waals surface area contributed by atoms with E-state index in [-0.39, 0.29) is 22.2 Å². The van der Waals surface area contributed by atoms with Gasteiger partial charge in [0.2, 0.25) is 5.91 Å². The molecule has 0 saturated carbocycles. The summed E-state index contributed by atoms with van der Waals surface area (Å²) in [6.45, 7) is 22.6. The van der Waals surface area contributed by atoms with Crippen LogP contribution in [-0.2, 0) is 9.22 Å². The van der Waals surface area contributed by atoms with Crippen molar-refractivity contribution in [3.05, 3.63) is 0 Å². The summed E-state index contributed by atoms with van der Waals surface area (Å²) in [5.41, 5.74) is 0. The molecule has 0 bridgehead atoms.